The molecule has 0 aliphatic carbocycles. The van der Waals surface area contributed by atoms with Crippen LogP contribution in [0.1, 0.15) is 12.5 Å². The molecule has 142 valence electrons. The Kier molecular flexibility index (Phi) is 6.90. The lowest BCUT2D eigenvalue weighted by Gasteiger charge is -2.13. The molecular weight excluding hydrogens is 406 g/mol. The Morgan fingerprint density at radius 3 is 2.48 bits per heavy atom. The molecule has 27 heavy (non-hydrogen) atoms. The van der Waals surface area contributed by atoms with Crippen molar-refractivity contribution < 1.29 is 9.47 Å². The Hall–Kier alpha value is -2.31. The molecular formula is C21H24BrN3O2. The first-order chi connectivity index (χ1) is 13.2. The van der Waals surface area contributed by atoms with Gasteiger partial charge >= 0.3 is 0 Å². The quantitative estimate of drug-likeness (QED) is 0.521. The summed E-state index contributed by atoms with van der Waals surface area (Å²) in [6.45, 7) is 4.70. The summed E-state index contributed by atoms with van der Waals surface area (Å²) in [7, 11) is 1.71. The van der Waals surface area contributed by atoms with Crippen LogP contribution in [0.5, 0.6) is 5.75 Å². The lowest BCUT2D eigenvalue weighted by molar-refractivity contribution is 0.188. The number of rotatable bonds is 9. The summed E-state index contributed by atoms with van der Waals surface area (Å²) in [5.74, 6) is 1.71. The highest BCUT2D eigenvalue weighted by molar-refractivity contribution is 9.10. The zero-order chi connectivity index (χ0) is 19.1. The van der Waals surface area contributed by atoms with Crippen LogP contribution in [0.3, 0.4) is 0 Å². The minimum atomic E-state index is 0.618. The number of ether oxygens (including phenoxy) is 2. The van der Waals surface area contributed by atoms with Crippen molar-refractivity contribution in [1.82, 2.24) is 9.55 Å². The standard InChI is InChI=1S/C21H24BrN3O2/c1-3-27-19-10-6-17(7-11-19)20-15-24-21(25(20)12-13-26-2)23-14-16-4-8-18(22)9-5-16/h4-11,15H,3,12-14H2,1-2H3,(H,23,24). The Morgan fingerprint density at radius 1 is 1.07 bits per heavy atom. The van der Waals surface area contributed by atoms with Crippen molar-refractivity contribution in [2.24, 2.45) is 0 Å². The summed E-state index contributed by atoms with van der Waals surface area (Å²) in [6, 6.07) is 16.4. The smallest absolute Gasteiger partial charge is 0.203 e. The summed E-state index contributed by atoms with van der Waals surface area (Å²) < 4.78 is 14.0. The van der Waals surface area contributed by atoms with Crippen LogP contribution in [-0.4, -0.2) is 29.9 Å². The van der Waals surface area contributed by atoms with Gasteiger partial charge in [-0.15, -0.1) is 0 Å². The Balaban J connectivity index is 1.80. The Bertz CT molecular complexity index is 845. The van der Waals surface area contributed by atoms with Gasteiger partial charge < -0.3 is 19.4 Å². The maximum absolute atomic E-state index is 5.53. The van der Waals surface area contributed by atoms with Crippen LogP contribution in [0.15, 0.2) is 59.2 Å². The largest absolute Gasteiger partial charge is 0.494 e. The lowest BCUT2D eigenvalue weighted by Crippen LogP contribution is -2.11. The van der Waals surface area contributed by atoms with E-state index < -0.39 is 0 Å². The molecule has 3 aromatic rings. The molecule has 0 atom stereocenters. The summed E-state index contributed by atoms with van der Waals surface area (Å²) in [5.41, 5.74) is 3.34. The molecule has 0 aliphatic rings. The average Bonchev–Trinajstić information content (AvgIpc) is 3.09. The molecule has 2 aromatic carbocycles. The molecule has 3 rings (SSSR count). The molecule has 0 radical (unpaired) electrons. The molecule has 1 heterocycles. The number of methoxy groups -OCH3 is 1. The van der Waals surface area contributed by atoms with Gasteiger partial charge in [0, 0.05) is 30.2 Å². The summed E-state index contributed by atoms with van der Waals surface area (Å²) >= 11 is 3.47. The number of imidazole rings is 1. The molecule has 0 unspecified atom stereocenters. The summed E-state index contributed by atoms with van der Waals surface area (Å²) in [5, 5.41) is 3.44. The second kappa shape index (κ2) is 9.58. The highest BCUT2D eigenvalue weighted by Gasteiger charge is 2.12. The zero-order valence-electron chi connectivity index (χ0n) is 15.6. The number of aromatic nitrogens is 2. The second-order valence-corrected chi connectivity index (χ2v) is 6.96. The summed E-state index contributed by atoms with van der Waals surface area (Å²) in [6.07, 6.45) is 1.90. The van der Waals surface area contributed by atoms with E-state index in [-0.39, 0.29) is 0 Å². The van der Waals surface area contributed by atoms with Crippen molar-refractivity contribution in [1.29, 1.82) is 0 Å². The highest BCUT2D eigenvalue weighted by Crippen LogP contribution is 2.26. The lowest BCUT2D eigenvalue weighted by atomic mass is 10.1. The van der Waals surface area contributed by atoms with Crippen LogP contribution < -0.4 is 10.1 Å². The number of nitrogens with zero attached hydrogens (tertiary/aromatic N) is 2. The molecule has 5 nitrogen and oxygen atoms in total. The molecule has 1 aromatic heterocycles. The van der Waals surface area contributed by atoms with E-state index in [0.717, 1.165) is 34.0 Å². The maximum Gasteiger partial charge on any atom is 0.203 e. The zero-order valence-corrected chi connectivity index (χ0v) is 17.2. The van der Waals surface area contributed by atoms with Crippen LogP contribution in [-0.2, 0) is 17.8 Å². The molecule has 0 aliphatic heterocycles. The van der Waals surface area contributed by atoms with Crippen molar-refractivity contribution >= 4 is 21.9 Å². The number of hydrogen-bond acceptors (Lipinski definition) is 4. The third kappa shape index (κ3) is 5.11. The normalized spacial score (nSPS) is 10.8. The van der Waals surface area contributed by atoms with Gasteiger partial charge in [-0.2, -0.15) is 0 Å². The first-order valence-electron chi connectivity index (χ1n) is 8.97. The number of benzene rings is 2. The van der Waals surface area contributed by atoms with Gasteiger partial charge in [-0.3, -0.25) is 0 Å². The van der Waals surface area contributed by atoms with Crippen LogP contribution in [0.4, 0.5) is 5.95 Å². The topological polar surface area (TPSA) is 48.3 Å². The van der Waals surface area contributed by atoms with Gasteiger partial charge in [0.05, 0.1) is 25.1 Å². The molecule has 0 spiro atoms. The first-order valence-corrected chi connectivity index (χ1v) is 9.76. The first kappa shape index (κ1) is 19.5. The van der Waals surface area contributed by atoms with Gasteiger partial charge in [0.25, 0.3) is 0 Å². The highest BCUT2D eigenvalue weighted by atomic mass is 79.9. The van der Waals surface area contributed by atoms with E-state index in [1.807, 2.05) is 37.4 Å². The van der Waals surface area contributed by atoms with Crippen LogP contribution in [0, 0.1) is 0 Å². The SMILES string of the molecule is CCOc1ccc(-c2cnc(NCc3ccc(Br)cc3)n2CCOC)cc1. The second-order valence-electron chi connectivity index (χ2n) is 6.05. The fourth-order valence-electron chi connectivity index (χ4n) is 2.83. The van der Waals surface area contributed by atoms with Gasteiger partial charge in [-0.05, 0) is 48.9 Å². The van der Waals surface area contributed by atoms with E-state index in [4.69, 9.17) is 9.47 Å². The minimum Gasteiger partial charge on any atom is -0.494 e. The third-order valence-electron chi connectivity index (χ3n) is 4.20. The molecule has 0 saturated heterocycles. The molecule has 0 amide bonds. The number of hydrogen-bond donors (Lipinski definition) is 1. The molecule has 0 fully saturated rings. The number of halogens is 1. The van der Waals surface area contributed by atoms with Crippen molar-refractivity contribution in [2.45, 2.75) is 20.0 Å². The Morgan fingerprint density at radius 2 is 1.81 bits per heavy atom. The van der Waals surface area contributed by atoms with Crippen molar-refractivity contribution in [3.05, 3.63) is 64.8 Å². The van der Waals surface area contributed by atoms with E-state index in [0.29, 0.717) is 19.8 Å². The predicted octanol–water partition coefficient (Wildman–Crippen LogP) is 4.97. The molecule has 6 heteroatoms. The third-order valence-corrected chi connectivity index (χ3v) is 4.73. The predicted molar refractivity (Wildman–Crippen MR) is 112 cm³/mol. The van der Waals surface area contributed by atoms with Gasteiger partial charge in [0.15, 0.2) is 0 Å². The number of anilines is 1. The molecule has 1 N–H and O–H groups in total. The molecule has 0 bridgehead atoms. The average molecular weight is 430 g/mol. The fourth-order valence-corrected chi connectivity index (χ4v) is 3.09. The number of nitrogens with one attached hydrogen (secondary N) is 1. The van der Waals surface area contributed by atoms with Crippen LogP contribution in [0.25, 0.3) is 11.3 Å². The minimum absolute atomic E-state index is 0.618. The van der Waals surface area contributed by atoms with E-state index >= 15 is 0 Å². The van der Waals surface area contributed by atoms with E-state index in [9.17, 15) is 0 Å². The molecule has 0 saturated carbocycles. The van der Waals surface area contributed by atoms with Crippen LogP contribution in [0.2, 0.25) is 0 Å². The Labute approximate surface area is 168 Å². The van der Waals surface area contributed by atoms with Crippen molar-refractivity contribution in [2.75, 3.05) is 25.6 Å². The van der Waals surface area contributed by atoms with Gasteiger partial charge in [-0.25, -0.2) is 4.98 Å². The van der Waals surface area contributed by atoms with Gasteiger partial charge in [0.1, 0.15) is 5.75 Å². The van der Waals surface area contributed by atoms with Crippen LogP contribution >= 0.6 is 15.9 Å². The van der Waals surface area contributed by atoms with E-state index in [2.05, 4.69) is 55.1 Å². The van der Waals surface area contributed by atoms with Gasteiger partial charge in [-0.1, -0.05) is 28.1 Å². The van der Waals surface area contributed by atoms with Gasteiger partial charge in [0.2, 0.25) is 5.95 Å². The van der Waals surface area contributed by atoms with E-state index in [1.165, 1.54) is 5.56 Å². The monoisotopic (exact) mass is 429 g/mol. The van der Waals surface area contributed by atoms with Crippen molar-refractivity contribution in [3.63, 3.8) is 0 Å². The van der Waals surface area contributed by atoms with E-state index in [1.54, 1.807) is 7.11 Å². The fraction of sp³-hybridized carbons (Fsp3) is 0.286. The van der Waals surface area contributed by atoms with Crippen molar-refractivity contribution in [3.8, 4) is 17.0 Å². The maximum atomic E-state index is 5.53. The summed E-state index contributed by atoms with van der Waals surface area (Å²) in [4.78, 5) is 4.59.